The fourth-order valence-electron chi connectivity index (χ4n) is 2.42. The number of primary amides is 1. The van der Waals surface area contributed by atoms with Crippen LogP contribution in [0.3, 0.4) is 0 Å². The van der Waals surface area contributed by atoms with Gasteiger partial charge in [0.15, 0.2) is 0 Å². The van der Waals surface area contributed by atoms with E-state index in [9.17, 15) is 13.2 Å². The van der Waals surface area contributed by atoms with Gasteiger partial charge in [-0.2, -0.15) is 5.10 Å². The molecule has 0 unspecified atom stereocenters. The zero-order chi connectivity index (χ0) is 15.3. The molecule has 21 heavy (non-hydrogen) atoms. The van der Waals surface area contributed by atoms with Gasteiger partial charge in [0.1, 0.15) is 4.90 Å². The highest BCUT2D eigenvalue weighted by Crippen LogP contribution is 2.16. The van der Waals surface area contributed by atoms with Crippen molar-refractivity contribution < 1.29 is 13.2 Å². The molecule has 0 atom stereocenters. The third-order valence-electron chi connectivity index (χ3n) is 3.72. The van der Waals surface area contributed by atoms with Gasteiger partial charge in [-0.15, -0.1) is 0 Å². The van der Waals surface area contributed by atoms with Crippen molar-refractivity contribution in [2.45, 2.75) is 24.2 Å². The Bertz CT molecular complexity index is 549. The molecule has 1 amide bonds. The first-order valence-corrected chi connectivity index (χ1v) is 8.47. The Morgan fingerprint density at radius 3 is 2.76 bits per heavy atom. The molecule has 2 heterocycles. The van der Waals surface area contributed by atoms with Crippen LogP contribution in [0.25, 0.3) is 0 Å². The van der Waals surface area contributed by atoms with Crippen LogP contribution in [-0.2, 0) is 14.8 Å². The summed E-state index contributed by atoms with van der Waals surface area (Å²) in [7, 11) is -3.46. The SMILES string of the molecule is NC(=O)C1CCN(CCCNS(=O)(=O)c2cn[nH]c2)CC1. The van der Waals surface area contributed by atoms with Crippen LogP contribution in [-0.4, -0.2) is 55.6 Å². The third kappa shape index (κ3) is 4.51. The van der Waals surface area contributed by atoms with E-state index in [1.165, 1.54) is 12.4 Å². The molecule has 1 saturated heterocycles. The van der Waals surface area contributed by atoms with Gasteiger partial charge in [0, 0.05) is 18.7 Å². The predicted octanol–water partition coefficient (Wildman–Crippen LogP) is -0.725. The molecule has 1 aromatic heterocycles. The topological polar surface area (TPSA) is 121 Å². The molecule has 0 spiro atoms. The van der Waals surface area contributed by atoms with Gasteiger partial charge >= 0.3 is 0 Å². The molecule has 8 nitrogen and oxygen atoms in total. The maximum atomic E-state index is 11.8. The number of nitrogens with two attached hydrogens (primary N) is 1. The molecule has 118 valence electrons. The summed E-state index contributed by atoms with van der Waals surface area (Å²) < 4.78 is 26.2. The minimum absolute atomic E-state index is 0.0131. The summed E-state index contributed by atoms with van der Waals surface area (Å²) >= 11 is 0. The lowest BCUT2D eigenvalue weighted by molar-refractivity contribution is -0.123. The predicted molar refractivity (Wildman–Crippen MR) is 76.8 cm³/mol. The largest absolute Gasteiger partial charge is 0.369 e. The minimum Gasteiger partial charge on any atom is -0.369 e. The Hall–Kier alpha value is -1.45. The van der Waals surface area contributed by atoms with E-state index in [1.54, 1.807) is 0 Å². The Morgan fingerprint density at radius 1 is 1.48 bits per heavy atom. The molecular formula is C12H21N5O3S. The molecule has 0 aromatic carbocycles. The number of hydrogen-bond acceptors (Lipinski definition) is 5. The van der Waals surface area contributed by atoms with Gasteiger partial charge in [-0.05, 0) is 38.9 Å². The average Bonchev–Trinajstić information content (AvgIpc) is 2.99. The van der Waals surface area contributed by atoms with Gasteiger partial charge in [0.2, 0.25) is 15.9 Å². The number of rotatable bonds is 7. The van der Waals surface area contributed by atoms with Crippen LogP contribution in [0.1, 0.15) is 19.3 Å². The molecule has 1 aromatic rings. The molecule has 1 fully saturated rings. The summed E-state index contributed by atoms with van der Waals surface area (Å²) in [4.78, 5) is 13.4. The number of hydrogen-bond donors (Lipinski definition) is 3. The second-order valence-electron chi connectivity index (χ2n) is 5.20. The number of nitrogens with zero attached hydrogens (tertiary/aromatic N) is 2. The summed E-state index contributed by atoms with van der Waals surface area (Å²) in [6.45, 7) is 2.85. The molecule has 9 heteroatoms. The highest BCUT2D eigenvalue weighted by atomic mass is 32.2. The fourth-order valence-corrected chi connectivity index (χ4v) is 3.40. The number of carbonyl (C=O) groups is 1. The van der Waals surface area contributed by atoms with Crippen molar-refractivity contribution in [3.05, 3.63) is 12.4 Å². The Balaban J connectivity index is 1.66. The first-order valence-electron chi connectivity index (χ1n) is 6.99. The van der Waals surface area contributed by atoms with Crippen molar-refractivity contribution in [1.82, 2.24) is 19.8 Å². The van der Waals surface area contributed by atoms with Gasteiger partial charge < -0.3 is 10.6 Å². The van der Waals surface area contributed by atoms with Crippen molar-refractivity contribution >= 4 is 15.9 Å². The van der Waals surface area contributed by atoms with Crippen LogP contribution in [0.4, 0.5) is 0 Å². The van der Waals surface area contributed by atoms with Crippen LogP contribution < -0.4 is 10.5 Å². The standard InChI is InChI=1S/C12H21N5O3S/c13-12(18)10-2-6-17(7-3-10)5-1-4-16-21(19,20)11-8-14-15-9-11/h8-10,16H,1-7H2,(H2,13,18)(H,14,15). The highest BCUT2D eigenvalue weighted by molar-refractivity contribution is 7.89. The lowest BCUT2D eigenvalue weighted by Gasteiger charge is -2.30. The second kappa shape index (κ2) is 7.01. The summed E-state index contributed by atoms with van der Waals surface area (Å²) in [6.07, 6.45) is 4.92. The molecule has 0 radical (unpaired) electrons. The number of likely N-dealkylation sites (tertiary alicyclic amines) is 1. The number of carbonyl (C=O) groups excluding carboxylic acids is 1. The van der Waals surface area contributed by atoms with Crippen molar-refractivity contribution in [2.24, 2.45) is 11.7 Å². The van der Waals surface area contributed by atoms with Crippen molar-refractivity contribution in [3.63, 3.8) is 0 Å². The molecule has 0 bridgehead atoms. The van der Waals surface area contributed by atoms with Gasteiger partial charge in [0.25, 0.3) is 0 Å². The van der Waals surface area contributed by atoms with E-state index >= 15 is 0 Å². The Morgan fingerprint density at radius 2 is 2.19 bits per heavy atom. The van der Waals surface area contributed by atoms with Gasteiger partial charge in [0.05, 0.1) is 6.20 Å². The average molecular weight is 315 g/mol. The lowest BCUT2D eigenvalue weighted by Crippen LogP contribution is -2.39. The van der Waals surface area contributed by atoms with E-state index in [0.717, 1.165) is 38.9 Å². The number of sulfonamides is 1. The number of H-pyrrole nitrogens is 1. The van der Waals surface area contributed by atoms with Crippen LogP contribution in [0.5, 0.6) is 0 Å². The molecule has 2 rings (SSSR count). The van der Waals surface area contributed by atoms with Crippen molar-refractivity contribution in [3.8, 4) is 0 Å². The van der Waals surface area contributed by atoms with Crippen molar-refractivity contribution in [2.75, 3.05) is 26.2 Å². The number of nitrogens with one attached hydrogen (secondary N) is 2. The molecule has 4 N–H and O–H groups in total. The van der Waals surface area contributed by atoms with Gasteiger partial charge in [-0.25, -0.2) is 13.1 Å². The van der Waals surface area contributed by atoms with Crippen molar-refractivity contribution in [1.29, 1.82) is 0 Å². The first-order chi connectivity index (χ1) is 9.99. The van der Waals surface area contributed by atoms with Gasteiger partial charge in [-0.1, -0.05) is 0 Å². The van der Waals surface area contributed by atoms with E-state index in [-0.39, 0.29) is 16.7 Å². The lowest BCUT2D eigenvalue weighted by atomic mass is 9.96. The molecule has 0 aliphatic carbocycles. The normalized spacial score (nSPS) is 17.9. The third-order valence-corrected chi connectivity index (χ3v) is 5.14. The maximum absolute atomic E-state index is 11.8. The second-order valence-corrected chi connectivity index (χ2v) is 6.97. The zero-order valence-corrected chi connectivity index (χ0v) is 12.6. The zero-order valence-electron chi connectivity index (χ0n) is 11.8. The monoisotopic (exact) mass is 315 g/mol. The van der Waals surface area contributed by atoms with E-state index in [1.807, 2.05) is 0 Å². The van der Waals surface area contributed by atoms with E-state index in [4.69, 9.17) is 5.73 Å². The van der Waals surface area contributed by atoms with E-state index < -0.39 is 10.0 Å². The highest BCUT2D eigenvalue weighted by Gasteiger charge is 2.22. The number of aromatic nitrogens is 2. The van der Waals surface area contributed by atoms with Crippen LogP contribution in [0, 0.1) is 5.92 Å². The van der Waals surface area contributed by atoms with E-state index in [0.29, 0.717) is 6.54 Å². The number of piperidine rings is 1. The van der Waals surface area contributed by atoms with Crippen LogP contribution in [0.15, 0.2) is 17.3 Å². The quantitative estimate of drug-likeness (QED) is 0.573. The fraction of sp³-hybridized carbons (Fsp3) is 0.667. The summed E-state index contributed by atoms with van der Waals surface area (Å²) in [5.74, 6) is -0.233. The minimum atomic E-state index is -3.46. The number of amides is 1. The maximum Gasteiger partial charge on any atom is 0.243 e. The first kappa shape index (κ1) is 15.9. The van der Waals surface area contributed by atoms with Crippen LogP contribution in [0.2, 0.25) is 0 Å². The summed E-state index contributed by atoms with van der Waals surface area (Å²) in [6, 6.07) is 0. The summed E-state index contributed by atoms with van der Waals surface area (Å²) in [5.41, 5.74) is 5.29. The van der Waals surface area contributed by atoms with Gasteiger partial charge in [-0.3, -0.25) is 9.89 Å². The van der Waals surface area contributed by atoms with Crippen LogP contribution >= 0.6 is 0 Å². The summed E-state index contributed by atoms with van der Waals surface area (Å²) in [5, 5.41) is 6.10. The smallest absolute Gasteiger partial charge is 0.243 e. The molecular weight excluding hydrogens is 294 g/mol. The molecule has 1 aliphatic rings. The Kier molecular flexibility index (Phi) is 5.32. The molecule has 0 saturated carbocycles. The Labute approximate surface area is 124 Å². The van der Waals surface area contributed by atoms with E-state index in [2.05, 4.69) is 19.8 Å². The number of aromatic amines is 1. The molecule has 1 aliphatic heterocycles.